The Morgan fingerprint density at radius 2 is 1.95 bits per heavy atom. The largest absolute Gasteiger partial charge is 0.478 e. The van der Waals surface area contributed by atoms with Gasteiger partial charge in [0.15, 0.2) is 0 Å². The Morgan fingerprint density at radius 3 is 2.53 bits per heavy atom. The molecule has 1 heterocycles. The van der Waals surface area contributed by atoms with Crippen LogP contribution in [0.4, 0.5) is 5.95 Å². The normalized spacial score (nSPS) is 10.2. The number of carboxylic acid groups (broad SMARTS) is 1. The lowest BCUT2D eigenvalue weighted by Crippen LogP contribution is -2.16. The predicted molar refractivity (Wildman–Crippen MR) is 72.6 cm³/mol. The molecule has 0 aliphatic carbocycles. The molecule has 1 N–H and O–H groups in total. The molecule has 19 heavy (non-hydrogen) atoms. The van der Waals surface area contributed by atoms with E-state index >= 15 is 0 Å². The van der Waals surface area contributed by atoms with Crippen LogP contribution in [0.2, 0.25) is 0 Å². The molecule has 0 saturated carbocycles. The average molecular weight is 257 g/mol. The van der Waals surface area contributed by atoms with E-state index in [1.165, 1.54) is 6.20 Å². The van der Waals surface area contributed by atoms with Gasteiger partial charge in [-0.25, -0.2) is 14.8 Å². The van der Waals surface area contributed by atoms with Crippen molar-refractivity contribution in [1.82, 2.24) is 9.97 Å². The molecule has 2 aromatic rings. The van der Waals surface area contributed by atoms with E-state index in [2.05, 4.69) is 9.97 Å². The number of benzene rings is 1. The van der Waals surface area contributed by atoms with E-state index in [4.69, 9.17) is 0 Å². The molecule has 1 aromatic carbocycles. The number of nitrogens with zero attached hydrogens (tertiary/aromatic N) is 3. The van der Waals surface area contributed by atoms with Gasteiger partial charge in [-0.1, -0.05) is 30.3 Å². The Labute approximate surface area is 111 Å². The molecular formula is C14H15N3O2. The van der Waals surface area contributed by atoms with Crippen LogP contribution in [0.1, 0.15) is 21.6 Å². The van der Waals surface area contributed by atoms with Crippen molar-refractivity contribution in [2.45, 2.75) is 6.42 Å². The van der Waals surface area contributed by atoms with Gasteiger partial charge in [-0.3, -0.25) is 0 Å². The molecule has 0 bridgehead atoms. The van der Waals surface area contributed by atoms with Gasteiger partial charge in [0.25, 0.3) is 0 Å². The fourth-order valence-corrected chi connectivity index (χ4v) is 1.72. The van der Waals surface area contributed by atoms with Gasteiger partial charge in [0, 0.05) is 26.7 Å². The molecule has 2 rings (SSSR count). The molecule has 0 unspecified atom stereocenters. The molecule has 5 nitrogen and oxygen atoms in total. The standard InChI is InChI=1S/C14H15N3O2/c1-17(2)14-15-9-11(13(18)19)12(16-14)8-10-6-4-3-5-7-10/h3-7,9H,8H2,1-2H3,(H,18,19). The van der Waals surface area contributed by atoms with E-state index in [1.807, 2.05) is 44.4 Å². The molecule has 1 aromatic heterocycles. The van der Waals surface area contributed by atoms with Crippen molar-refractivity contribution in [3.05, 3.63) is 53.3 Å². The minimum absolute atomic E-state index is 0.148. The summed E-state index contributed by atoms with van der Waals surface area (Å²) >= 11 is 0. The average Bonchev–Trinajstić information content (AvgIpc) is 2.39. The third-order valence-corrected chi connectivity index (χ3v) is 2.70. The third-order valence-electron chi connectivity index (χ3n) is 2.70. The first kappa shape index (κ1) is 13.0. The first-order valence-corrected chi connectivity index (χ1v) is 5.88. The van der Waals surface area contributed by atoms with Gasteiger partial charge in [0.05, 0.1) is 11.3 Å². The molecule has 0 radical (unpaired) electrons. The van der Waals surface area contributed by atoms with Gasteiger partial charge in [-0.05, 0) is 5.56 Å². The van der Waals surface area contributed by atoms with Gasteiger partial charge in [-0.15, -0.1) is 0 Å². The number of carbonyl (C=O) groups is 1. The Hall–Kier alpha value is -2.43. The highest BCUT2D eigenvalue weighted by Gasteiger charge is 2.14. The second kappa shape index (κ2) is 5.48. The van der Waals surface area contributed by atoms with E-state index in [9.17, 15) is 9.90 Å². The van der Waals surface area contributed by atoms with Gasteiger partial charge < -0.3 is 10.0 Å². The summed E-state index contributed by atoms with van der Waals surface area (Å²) in [5, 5.41) is 9.18. The van der Waals surface area contributed by atoms with Crippen LogP contribution in [-0.2, 0) is 6.42 Å². The molecule has 0 spiro atoms. The Morgan fingerprint density at radius 1 is 1.26 bits per heavy atom. The number of rotatable bonds is 4. The lowest BCUT2D eigenvalue weighted by molar-refractivity contribution is 0.0695. The molecule has 98 valence electrons. The van der Waals surface area contributed by atoms with E-state index in [0.29, 0.717) is 18.1 Å². The summed E-state index contributed by atoms with van der Waals surface area (Å²) in [7, 11) is 3.64. The Bertz CT molecular complexity index is 582. The minimum atomic E-state index is -1.00. The van der Waals surface area contributed by atoms with Crippen molar-refractivity contribution in [3.63, 3.8) is 0 Å². The first-order chi connectivity index (χ1) is 9.08. The van der Waals surface area contributed by atoms with Gasteiger partial charge >= 0.3 is 5.97 Å². The van der Waals surface area contributed by atoms with Crippen LogP contribution in [0.5, 0.6) is 0 Å². The van der Waals surface area contributed by atoms with Crippen LogP contribution in [0.25, 0.3) is 0 Å². The SMILES string of the molecule is CN(C)c1ncc(C(=O)O)c(Cc2ccccc2)n1. The summed E-state index contributed by atoms with van der Waals surface area (Å²) in [6.07, 6.45) is 1.84. The molecule has 0 saturated heterocycles. The molecule has 0 atom stereocenters. The predicted octanol–water partition coefficient (Wildman–Crippen LogP) is 1.83. The zero-order valence-electron chi connectivity index (χ0n) is 10.9. The van der Waals surface area contributed by atoms with Crippen molar-refractivity contribution in [3.8, 4) is 0 Å². The second-order valence-corrected chi connectivity index (χ2v) is 4.39. The Kier molecular flexibility index (Phi) is 3.75. The third kappa shape index (κ3) is 3.07. The van der Waals surface area contributed by atoms with Crippen LogP contribution in [-0.4, -0.2) is 35.1 Å². The topological polar surface area (TPSA) is 66.3 Å². The summed E-state index contributed by atoms with van der Waals surface area (Å²) in [6.45, 7) is 0. The summed E-state index contributed by atoms with van der Waals surface area (Å²) in [5.74, 6) is -0.493. The number of hydrogen-bond acceptors (Lipinski definition) is 4. The van der Waals surface area contributed by atoms with E-state index in [1.54, 1.807) is 4.90 Å². The van der Waals surface area contributed by atoms with Crippen molar-refractivity contribution >= 4 is 11.9 Å². The monoisotopic (exact) mass is 257 g/mol. The summed E-state index contributed by atoms with van der Waals surface area (Å²) in [5.41, 5.74) is 1.69. The smallest absolute Gasteiger partial charge is 0.339 e. The molecule has 0 aliphatic heterocycles. The number of aromatic carboxylic acids is 1. The van der Waals surface area contributed by atoms with Crippen LogP contribution in [0.3, 0.4) is 0 Å². The summed E-state index contributed by atoms with van der Waals surface area (Å²) < 4.78 is 0. The number of aromatic nitrogens is 2. The summed E-state index contributed by atoms with van der Waals surface area (Å²) in [6, 6.07) is 9.66. The maximum absolute atomic E-state index is 11.2. The second-order valence-electron chi connectivity index (χ2n) is 4.39. The van der Waals surface area contributed by atoms with Gasteiger partial charge in [0.1, 0.15) is 0 Å². The number of carboxylic acids is 1. The zero-order chi connectivity index (χ0) is 13.8. The fraction of sp³-hybridized carbons (Fsp3) is 0.214. The molecule has 5 heteroatoms. The maximum atomic E-state index is 11.2. The van der Waals surface area contributed by atoms with Crippen molar-refractivity contribution in [1.29, 1.82) is 0 Å². The summed E-state index contributed by atoms with van der Waals surface area (Å²) in [4.78, 5) is 21.3. The lowest BCUT2D eigenvalue weighted by Gasteiger charge is -2.12. The van der Waals surface area contributed by atoms with Gasteiger partial charge in [0.2, 0.25) is 5.95 Å². The highest BCUT2D eigenvalue weighted by Crippen LogP contribution is 2.14. The molecule has 0 aliphatic rings. The number of hydrogen-bond donors (Lipinski definition) is 1. The van der Waals surface area contributed by atoms with E-state index in [-0.39, 0.29) is 5.56 Å². The van der Waals surface area contributed by atoms with Crippen molar-refractivity contribution < 1.29 is 9.90 Å². The molecular weight excluding hydrogens is 242 g/mol. The zero-order valence-corrected chi connectivity index (χ0v) is 10.9. The Balaban J connectivity index is 2.41. The lowest BCUT2D eigenvalue weighted by atomic mass is 10.1. The highest BCUT2D eigenvalue weighted by molar-refractivity contribution is 5.88. The van der Waals surface area contributed by atoms with Crippen LogP contribution < -0.4 is 4.90 Å². The maximum Gasteiger partial charge on any atom is 0.339 e. The van der Waals surface area contributed by atoms with Gasteiger partial charge in [-0.2, -0.15) is 0 Å². The van der Waals surface area contributed by atoms with E-state index < -0.39 is 5.97 Å². The highest BCUT2D eigenvalue weighted by atomic mass is 16.4. The molecule has 0 amide bonds. The van der Waals surface area contributed by atoms with Crippen LogP contribution in [0.15, 0.2) is 36.5 Å². The van der Waals surface area contributed by atoms with Crippen LogP contribution in [0, 0.1) is 0 Å². The number of anilines is 1. The quantitative estimate of drug-likeness (QED) is 0.905. The van der Waals surface area contributed by atoms with E-state index in [0.717, 1.165) is 5.56 Å². The fourth-order valence-electron chi connectivity index (χ4n) is 1.72. The molecule has 0 fully saturated rings. The van der Waals surface area contributed by atoms with Crippen molar-refractivity contribution in [2.24, 2.45) is 0 Å². The van der Waals surface area contributed by atoms with Crippen LogP contribution >= 0.6 is 0 Å². The minimum Gasteiger partial charge on any atom is -0.478 e. The first-order valence-electron chi connectivity index (χ1n) is 5.88. The van der Waals surface area contributed by atoms with Crippen molar-refractivity contribution in [2.75, 3.05) is 19.0 Å².